The van der Waals surface area contributed by atoms with Crippen molar-refractivity contribution >= 4 is 0 Å². The Balaban J connectivity index is 1.45. The second-order valence-electron chi connectivity index (χ2n) is 10.2. The Morgan fingerprint density at radius 3 is 1.88 bits per heavy atom. The number of phenols is 8. The molecule has 4 aromatic rings. The second kappa shape index (κ2) is 9.49. The summed E-state index contributed by atoms with van der Waals surface area (Å²) in [5, 5.41) is 92.6. The minimum atomic E-state index is -1.11. The number of ether oxygens (including phenoxy) is 2. The molecule has 4 aromatic carbocycles. The molecule has 0 fully saturated rings. The van der Waals surface area contributed by atoms with E-state index < -0.39 is 30.0 Å². The van der Waals surface area contributed by atoms with Crippen molar-refractivity contribution in [2.75, 3.05) is 0 Å². The Labute approximate surface area is 232 Å². The fourth-order valence-corrected chi connectivity index (χ4v) is 5.67. The van der Waals surface area contributed by atoms with Crippen LogP contribution >= 0.6 is 0 Å². The van der Waals surface area contributed by atoms with E-state index >= 15 is 0 Å². The number of phenolic OH excluding ortho intramolecular Hbond substituents is 8. The van der Waals surface area contributed by atoms with Crippen molar-refractivity contribution in [2.24, 2.45) is 0 Å². The molecule has 2 aliphatic heterocycles. The standard InChI is InChI=1S/C30H26O11/c31-14-7-19(34)15(20(35)8-14)10-26-27(12-1-3-17(32)21(36)5-12)28-23(38)11-25-16(30(28)41-26)9-24(39)29(40-25)13-2-4-18(33)22(37)6-13/h1-8,11,24,26-27,29,31-39H,9-10H2/t24-,26-,27-,29+/m0/s1. The summed E-state index contributed by atoms with van der Waals surface area (Å²) in [6.45, 7) is 0. The van der Waals surface area contributed by atoms with E-state index in [0.29, 0.717) is 22.3 Å². The predicted molar refractivity (Wildman–Crippen MR) is 142 cm³/mol. The maximum Gasteiger partial charge on any atom is 0.157 e. The van der Waals surface area contributed by atoms with Gasteiger partial charge in [0, 0.05) is 47.7 Å². The van der Waals surface area contributed by atoms with Crippen LogP contribution in [0, 0.1) is 0 Å². The van der Waals surface area contributed by atoms with Gasteiger partial charge in [0.25, 0.3) is 0 Å². The molecular weight excluding hydrogens is 536 g/mol. The molecule has 212 valence electrons. The van der Waals surface area contributed by atoms with Crippen molar-refractivity contribution in [1.29, 1.82) is 0 Å². The lowest BCUT2D eigenvalue weighted by atomic mass is 9.83. The molecule has 0 aromatic heterocycles. The molecule has 0 bridgehead atoms. The lowest BCUT2D eigenvalue weighted by Gasteiger charge is -2.32. The highest BCUT2D eigenvalue weighted by Gasteiger charge is 2.44. The first-order valence-electron chi connectivity index (χ1n) is 12.7. The van der Waals surface area contributed by atoms with Gasteiger partial charge in [0.15, 0.2) is 23.0 Å². The number of aliphatic hydroxyl groups excluding tert-OH is 1. The fraction of sp³-hybridized carbons (Fsp3) is 0.200. The van der Waals surface area contributed by atoms with Gasteiger partial charge in [0.1, 0.15) is 46.7 Å². The van der Waals surface area contributed by atoms with Gasteiger partial charge in [-0.25, -0.2) is 0 Å². The zero-order valence-electron chi connectivity index (χ0n) is 21.3. The van der Waals surface area contributed by atoms with Crippen LogP contribution in [0.5, 0.6) is 57.5 Å². The quantitative estimate of drug-likeness (QED) is 0.165. The van der Waals surface area contributed by atoms with Gasteiger partial charge in [0.2, 0.25) is 0 Å². The monoisotopic (exact) mass is 562 g/mol. The molecule has 0 radical (unpaired) electrons. The summed E-state index contributed by atoms with van der Waals surface area (Å²) in [6, 6.07) is 11.7. The number of hydrogen-bond donors (Lipinski definition) is 9. The van der Waals surface area contributed by atoms with Crippen molar-refractivity contribution in [1.82, 2.24) is 0 Å². The minimum absolute atomic E-state index is 0.0280. The van der Waals surface area contributed by atoms with Crippen molar-refractivity contribution in [2.45, 2.75) is 37.1 Å². The fourth-order valence-electron chi connectivity index (χ4n) is 5.67. The lowest BCUT2D eigenvalue weighted by Crippen LogP contribution is -2.30. The molecule has 0 amide bonds. The topological polar surface area (TPSA) is 201 Å². The van der Waals surface area contributed by atoms with Gasteiger partial charge < -0.3 is 55.4 Å². The molecule has 2 heterocycles. The van der Waals surface area contributed by atoms with Crippen LogP contribution in [0.15, 0.2) is 54.6 Å². The summed E-state index contributed by atoms with van der Waals surface area (Å²) in [7, 11) is 0. The number of aromatic hydroxyl groups is 8. The molecule has 0 aliphatic carbocycles. The molecular formula is C30H26O11. The van der Waals surface area contributed by atoms with E-state index in [1.54, 1.807) is 6.07 Å². The van der Waals surface area contributed by atoms with E-state index in [4.69, 9.17) is 9.47 Å². The molecule has 6 rings (SSSR count). The summed E-state index contributed by atoms with van der Waals surface area (Å²) in [4.78, 5) is 0. The summed E-state index contributed by atoms with van der Waals surface area (Å²) >= 11 is 0. The molecule has 0 saturated carbocycles. The van der Waals surface area contributed by atoms with Gasteiger partial charge in [-0.15, -0.1) is 0 Å². The molecule has 41 heavy (non-hydrogen) atoms. The van der Waals surface area contributed by atoms with Gasteiger partial charge in [-0.05, 0) is 35.4 Å². The van der Waals surface area contributed by atoms with Gasteiger partial charge in [-0.3, -0.25) is 0 Å². The number of fused-ring (bicyclic) bond motifs is 3. The van der Waals surface area contributed by atoms with Crippen LogP contribution in [-0.2, 0) is 12.8 Å². The molecule has 0 saturated heterocycles. The van der Waals surface area contributed by atoms with Gasteiger partial charge >= 0.3 is 0 Å². The summed E-state index contributed by atoms with van der Waals surface area (Å²) < 4.78 is 12.4. The normalized spacial score (nSPS) is 21.0. The number of rotatable bonds is 4. The molecule has 9 N–H and O–H groups in total. The number of hydrogen-bond acceptors (Lipinski definition) is 11. The highest BCUT2D eigenvalue weighted by molar-refractivity contribution is 5.65. The Hall–Kier alpha value is -5.16. The summed E-state index contributed by atoms with van der Waals surface area (Å²) in [5.41, 5.74) is 1.68. The SMILES string of the molecule is Oc1cc(O)c(C[C@@H]2Oc3c4c(cc(O)c3[C@H]2c2ccc(O)c(O)c2)O[C@H](c2ccc(O)c(O)c2)[C@@H](O)C4)c(O)c1. The average molecular weight is 563 g/mol. The van der Waals surface area contributed by atoms with E-state index in [2.05, 4.69) is 0 Å². The zero-order valence-corrected chi connectivity index (χ0v) is 21.3. The van der Waals surface area contributed by atoms with Crippen LogP contribution in [0.2, 0.25) is 0 Å². The number of benzene rings is 4. The summed E-state index contributed by atoms with van der Waals surface area (Å²) in [5.74, 6) is -3.11. The van der Waals surface area contributed by atoms with Crippen LogP contribution < -0.4 is 9.47 Å². The number of aliphatic hydroxyl groups is 1. The van der Waals surface area contributed by atoms with Gasteiger partial charge in [-0.1, -0.05) is 12.1 Å². The summed E-state index contributed by atoms with van der Waals surface area (Å²) in [6.07, 6.45) is -2.97. The smallest absolute Gasteiger partial charge is 0.157 e. The van der Waals surface area contributed by atoms with Crippen molar-refractivity contribution in [3.63, 3.8) is 0 Å². The van der Waals surface area contributed by atoms with Gasteiger partial charge in [0.05, 0.1) is 12.0 Å². The molecule has 2 aliphatic rings. The first-order valence-corrected chi connectivity index (χ1v) is 12.7. The van der Waals surface area contributed by atoms with Crippen LogP contribution in [0.3, 0.4) is 0 Å². The maximum atomic E-state index is 11.2. The third-order valence-corrected chi connectivity index (χ3v) is 7.61. The molecule has 11 nitrogen and oxygen atoms in total. The zero-order chi connectivity index (χ0) is 29.2. The van der Waals surface area contributed by atoms with E-state index in [1.165, 1.54) is 36.4 Å². The van der Waals surface area contributed by atoms with Crippen LogP contribution in [0.1, 0.15) is 39.8 Å². The first kappa shape index (κ1) is 26.1. The Morgan fingerprint density at radius 2 is 1.24 bits per heavy atom. The second-order valence-corrected chi connectivity index (χ2v) is 10.2. The van der Waals surface area contributed by atoms with E-state index in [1.807, 2.05) is 0 Å². The minimum Gasteiger partial charge on any atom is -0.508 e. The van der Waals surface area contributed by atoms with Crippen LogP contribution in [0.25, 0.3) is 0 Å². The lowest BCUT2D eigenvalue weighted by molar-refractivity contribution is 0.0193. The predicted octanol–water partition coefficient (Wildman–Crippen LogP) is 3.50. The first-order chi connectivity index (χ1) is 19.5. The maximum absolute atomic E-state index is 11.2. The van der Waals surface area contributed by atoms with Crippen molar-refractivity contribution in [3.8, 4) is 57.5 Å². The van der Waals surface area contributed by atoms with Crippen LogP contribution in [-0.4, -0.2) is 58.2 Å². The largest absolute Gasteiger partial charge is 0.508 e. The average Bonchev–Trinajstić information content (AvgIpc) is 3.30. The van der Waals surface area contributed by atoms with E-state index in [9.17, 15) is 46.0 Å². The third-order valence-electron chi connectivity index (χ3n) is 7.61. The Bertz CT molecular complexity index is 1660. The van der Waals surface area contributed by atoms with Crippen molar-refractivity contribution < 1.29 is 55.4 Å². The van der Waals surface area contributed by atoms with E-state index in [-0.39, 0.29) is 70.2 Å². The molecule has 0 spiro atoms. The highest BCUT2D eigenvalue weighted by Crippen LogP contribution is 2.55. The Morgan fingerprint density at radius 1 is 0.634 bits per heavy atom. The highest BCUT2D eigenvalue weighted by atomic mass is 16.5. The van der Waals surface area contributed by atoms with Crippen molar-refractivity contribution in [3.05, 3.63) is 82.4 Å². The molecule has 0 unspecified atom stereocenters. The molecule has 4 atom stereocenters. The van der Waals surface area contributed by atoms with Crippen LogP contribution in [0.4, 0.5) is 0 Å². The Kier molecular flexibility index (Phi) is 6.04. The third kappa shape index (κ3) is 4.36. The van der Waals surface area contributed by atoms with E-state index in [0.717, 1.165) is 12.1 Å². The van der Waals surface area contributed by atoms with Gasteiger partial charge in [-0.2, -0.15) is 0 Å². The molecule has 11 heteroatoms.